The molecular weight excluding hydrogens is 458 g/mol. The molecule has 0 amide bonds. The highest BCUT2D eigenvalue weighted by Crippen LogP contribution is 2.33. The molecule has 0 fully saturated rings. The maximum absolute atomic E-state index is 10.8. The summed E-state index contributed by atoms with van der Waals surface area (Å²) in [6.45, 7) is 1.73. The molecule has 0 radical (unpaired) electrons. The molecule has 0 spiro atoms. The van der Waals surface area contributed by atoms with Gasteiger partial charge in [0.05, 0.1) is 13.3 Å². The summed E-state index contributed by atoms with van der Waals surface area (Å²) in [5.74, 6) is 1.41. The van der Waals surface area contributed by atoms with E-state index in [1.807, 2.05) is 30.3 Å². The van der Waals surface area contributed by atoms with Crippen molar-refractivity contribution in [1.29, 1.82) is 0 Å². The zero-order chi connectivity index (χ0) is 21.1. The van der Waals surface area contributed by atoms with Crippen molar-refractivity contribution in [1.82, 2.24) is 0 Å². The largest absolute Gasteiger partial charge is 0.493 e. The molecular formula is C20H22BrN3O4S. The first-order valence-electron chi connectivity index (χ1n) is 8.66. The maximum Gasteiger partial charge on any atom is 0.302 e. The van der Waals surface area contributed by atoms with Crippen molar-refractivity contribution >= 4 is 45.0 Å². The first kappa shape index (κ1) is 22.8. The predicted molar refractivity (Wildman–Crippen MR) is 120 cm³/mol. The van der Waals surface area contributed by atoms with Crippen LogP contribution in [0.5, 0.6) is 11.5 Å². The van der Waals surface area contributed by atoms with Crippen molar-refractivity contribution < 1.29 is 19.0 Å². The van der Waals surface area contributed by atoms with Gasteiger partial charge in [-0.25, -0.2) is 0 Å². The van der Waals surface area contributed by atoms with Crippen LogP contribution in [-0.2, 0) is 15.3 Å². The van der Waals surface area contributed by atoms with Crippen LogP contribution >= 0.6 is 27.7 Å². The van der Waals surface area contributed by atoms with Crippen LogP contribution in [0, 0.1) is 0 Å². The zero-order valence-electron chi connectivity index (χ0n) is 16.1. The lowest BCUT2D eigenvalue weighted by Crippen LogP contribution is -2.10. The third-order valence-corrected chi connectivity index (χ3v) is 5.05. The van der Waals surface area contributed by atoms with E-state index in [1.165, 1.54) is 18.7 Å². The van der Waals surface area contributed by atoms with Gasteiger partial charge in [0.2, 0.25) is 0 Å². The molecule has 0 saturated carbocycles. The Morgan fingerprint density at radius 3 is 2.66 bits per heavy atom. The average molecular weight is 480 g/mol. The SMILES string of the molecule is COc1cc(C=NN=C(N)SCc2ccccc2)c(Br)cc1OCCOC(C)=O. The third kappa shape index (κ3) is 8.16. The van der Waals surface area contributed by atoms with Gasteiger partial charge >= 0.3 is 5.97 Å². The Morgan fingerprint density at radius 1 is 1.21 bits per heavy atom. The van der Waals surface area contributed by atoms with Gasteiger partial charge in [-0.1, -0.05) is 42.1 Å². The van der Waals surface area contributed by atoms with Gasteiger partial charge in [0, 0.05) is 22.7 Å². The Hall–Kier alpha value is -2.52. The molecule has 2 aromatic rings. The second-order valence-corrected chi connectivity index (χ2v) is 7.52. The summed E-state index contributed by atoms with van der Waals surface area (Å²) in [5.41, 5.74) is 7.81. The Labute approximate surface area is 182 Å². The second kappa shape index (κ2) is 12.1. The molecule has 2 rings (SSSR count). The first-order valence-corrected chi connectivity index (χ1v) is 10.4. The first-order chi connectivity index (χ1) is 14.0. The van der Waals surface area contributed by atoms with Gasteiger partial charge in [0.1, 0.15) is 13.2 Å². The minimum absolute atomic E-state index is 0.161. The third-order valence-electron chi connectivity index (χ3n) is 3.51. The van der Waals surface area contributed by atoms with Gasteiger partial charge in [-0.2, -0.15) is 5.10 Å². The number of ether oxygens (including phenoxy) is 3. The molecule has 29 heavy (non-hydrogen) atoms. The lowest BCUT2D eigenvalue weighted by molar-refractivity contribution is -0.141. The van der Waals surface area contributed by atoms with Crippen LogP contribution in [0.15, 0.2) is 57.1 Å². The summed E-state index contributed by atoms with van der Waals surface area (Å²) < 4.78 is 16.6. The Bertz CT molecular complexity index is 876. The molecule has 0 unspecified atom stereocenters. The average Bonchev–Trinajstić information content (AvgIpc) is 2.71. The molecule has 0 aliphatic rings. The van der Waals surface area contributed by atoms with Crippen LogP contribution in [0.2, 0.25) is 0 Å². The van der Waals surface area contributed by atoms with Crippen LogP contribution in [0.1, 0.15) is 18.1 Å². The number of carbonyl (C=O) groups excluding carboxylic acids is 1. The number of halogens is 1. The van der Waals surface area contributed by atoms with Crippen LogP contribution in [0.25, 0.3) is 0 Å². The van der Waals surface area contributed by atoms with Gasteiger partial charge in [0.25, 0.3) is 0 Å². The minimum atomic E-state index is -0.352. The van der Waals surface area contributed by atoms with E-state index in [9.17, 15) is 4.79 Å². The number of carbonyl (C=O) groups is 1. The summed E-state index contributed by atoms with van der Waals surface area (Å²) in [6.07, 6.45) is 1.57. The van der Waals surface area contributed by atoms with Crippen molar-refractivity contribution in [3.05, 3.63) is 58.1 Å². The van der Waals surface area contributed by atoms with E-state index in [4.69, 9.17) is 19.9 Å². The summed E-state index contributed by atoms with van der Waals surface area (Å²) in [4.78, 5) is 10.8. The fourth-order valence-electron chi connectivity index (χ4n) is 2.17. The molecule has 2 N–H and O–H groups in total. The number of nitrogens with two attached hydrogens (primary N) is 1. The minimum Gasteiger partial charge on any atom is -0.493 e. The predicted octanol–water partition coefficient (Wildman–Crippen LogP) is 3.98. The number of hydrogen-bond acceptors (Lipinski definition) is 7. The lowest BCUT2D eigenvalue weighted by Gasteiger charge is -2.12. The molecule has 0 bridgehead atoms. The number of nitrogens with zero attached hydrogens (tertiary/aromatic N) is 2. The molecule has 7 nitrogen and oxygen atoms in total. The fourth-order valence-corrected chi connectivity index (χ4v) is 3.20. The van der Waals surface area contributed by atoms with Crippen LogP contribution in [-0.4, -0.2) is 37.7 Å². The number of esters is 1. The molecule has 0 heterocycles. The Kier molecular flexibility index (Phi) is 9.52. The van der Waals surface area contributed by atoms with Crippen molar-refractivity contribution in [3.8, 4) is 11.5 Å². The molecule has 2 aromatic carbocycles. The Balaban J connectivity index is 1.97. The quantitative estimate of drug-likeness (QED) is 0.192. The molecule has 0 atom stereocenters. The van der Waals surface area contributed by atoms with Gasteiger partial charge in [-0.15, -0.1) is 5.10 Å². The highest BCUT2D eigenvalue weighted by atomic mass is 79.9. The smallest absolute Gasteiger partial charge is 0.302 e. The van der Waals surface area contributed by atoms with Crippen molar-refractivity contribution in [2.24, 2.45) is 15.9 Å². The van der Waals surface area contributed by atoms with Gasteiger partial charge in [0.15, 0.2) is 16.7 Å². The van der Waals surface area contributed by atoms with E-state index in [-0.39, 0.29) is 19.2 Å². The van der Waals surface area contributed by atoms with Crippen molar-refractivity contribution in [3.63, 3.8) is 0 Å². The number of benzene rings is 2. The van der Waals surface area contributed by atoms with Crippen molar-refractivity contribution in [2.75, 3.05) is 20.3 Å². The number of hydrogen-bond donors (Lipinski definition) is 1. The van der Waals surface area contributed by atoms with Crippen LogP contribution in [0.4, 0.5) is 0 Å². The van der Waals surface area contributed by atoms with E-state index in [2.05, 4.69) is 26.1 Å². The van der Waals surface area contributed by atoms with E-state index in [0.717, 1.165) is 21.4 Å². The van der Waals surface area contributed by atoms with E-state index in [0.29, 0.717) is 16.7 Å². The monoisotopic (exact) mass is 479 g/mol. The van der Waals surface area contributed by atoms with Gasteiger partial charge in [-0.05, 0) is 33.6 Å². The van der Waals surface area contributed by atoms with Gasteiger partial charge < -0.3 is 19.9 Å². The van der Waals surface area contributed by atoms with Crippen molar-refractivity contribution in [2.45, 2.75) is 12.7 Å². The van der Waals surface area contributed by atoms with Crippen LogP contribution < -0.4 is 15.2 Å². The summed E-state index contributed by atoms with van der Waals surface area (Å²) >= 11 is 4.89. The molecule has 0 saturated heterocycles. The molecule has 9 heteroatoms. The highest BCUT2D eigenvalue weighted by molar-refractivity contribution is 9.10. The fraction of sp³-hybridized carbons (Fsp3) is 0.250. The summed E-state index contributed by atoms with van der Waals surface area (Å²) in [6, 6.07) is 13.5. The topological polar surface area (TPSA) is 95.5 Å². The molecule has 0 aromatic heterocycles. The number of rotatable bonds is 9. The molecule has 0 aliphatic carbocycles. The molecule has 0 aliphatic heterocycles. The van der Waals surface area contributed by atoms with Gasteiger partial charge in [-0.3, -0.25) is 4.79 Å². The lowest BCUT2D eigenvalue weighted by atomic mass is 10.2. The van der Waals surface area contributed by atoms with Crippen LogP contribution in [0.3, 0.4) is 0 Å². The second-order valence-electron chi connectivity index (χ2n) is 5.67. The Morgan fingerprint density at radius 2 is 1.97 bits per heavy atom. The number of methoxy groups -OCH3 is 1. The summed E-state index contributed by atoms with van der Waals surface area (Å²) in [7, 11) is 1.54. The maximum atomic E-state index is 10.8. The van der Waals surface area contributed by atoms with E-state index in [1.54, 1.807) is 25.5 Å². The number of amidine groups is 1. The van der Waals surface area contributed by atoms with E-state index < -0.39 is 0 Å². The van der Waals surface area contributed by atoms with E-state index >= 15 is 0 Å². The highest BCUT2D eigenvalue weighted by Gasteiger charge is 2.10. The standard InChI is InChI=1S/C20H22BrN3O4S/c1-14(25)27-8-9-28-19-11-17(21)16(10-18(19)26-2)12-23-24-20(22)29-13-15-6-4-3-5-7-15/h3-7,10-12H,8-9,13H2,1-2H3,(H2,22,24). The normalized spacial score (nSPS) is 11.5. The summed E-state index contributed by atoms with van der Waals surface area (Å²) in [5, 5.41) is 8.44. The number of thioether (sulfide) groups is 1. The molecule has 154 valence electrons. The zero-order valence-corrected chi connectivity index (χ0v) is 18.5.